The molecule has 27 heavy (non-hydrogen) atoms. The van der Waals surface area contributed by atoms with Crippen molar-refractivity contribution in [1.29, 1.82) is 0 Å². The van der Waals surface area contributed by atoms with Gasteiger partial charge in [0.05, 0.1) is 17.7 Å². The lowest BCUT2D eigenvalue weighted by Crippen LogP contribution is -2.35. The molecule has 1 fully saturated rings. The molecule has 1 saturated heterocycles. The molecule has 0 saturated carbocycles. The summed E-state index contributed by atoms with van der Waals surface area (Å²) in [4.78, 5) is 14.5. The van der Waals surface area contributed by atoms with Crippen LogP contribution in [-0.2, 0) is 17.8 Å². The van der Waals surface area contributed by atoms with Crippen LogP contribution in [0.2, 0.25) is 0 Å². The number of aryl methyl sites for hydroxylation is 2. The molecule has 2 N–H and O–H groups in total. The van der Waals surface area contributed by atoms with Gasteiger partial charge in [-0.25, -0.2) is 0 Å². The van der Waals surface area contributed by atoms with Gasteiger partial charge in [0, 0.05) is 12.6 Å². The number of halogens is 1. The highest BCUT2D eigenvalue weighted by Gasteiger charge is 2.31. The number of nitrogens with zero attached hydrogens (tertiary/aromatic N) is 2. The van der Waals surface area contributed by atoms with Crippen LogP contribution in [0, 0.1) is 19.8 Å². The number of carbonyl (C=O) groups excluding carboxylic acids is 1. The number of nitrogens with two attached hydrogens (primary N) is 1. The van der Waals surface area contributed by atoms with Crippen LogP contribution in [0.1, 0.15) is 35.9 Å². The van der Waals surface area contributed by atoms with Gasteiger partial charge in [-0.1, -0.05) is 17.3 Å². The van der Waals surface area contributed by atoms with E-state index in [-0.39, 0.29) is 24.4 Å². The third-order valence-electron chi connectivity index (χ3n) is 5.16. The summed E-state index contributed by atoms with van der Waals surface area (Å²) in [5, 5.41) is 3.93. The number of hydrogen-bond acceptors (Lipinski definition) is 5. The number of benzene rings is 1. The largest absolute Gasteiger partial charge is 0.489 e. The number of amides is 1. The molecule has 7 heteroatoms. The van der Waals surface area contributed by atoms with Gasteiger partial charge in [-0.3, -0.25) is 4.79 Å². The van der Waals surface area contributed by atoms with E-state index in [1.165, 1.54) is 0 Å². The van der Waals surface area contributed by atoms with Crippen LogP contribution in [0.3, 0.4) is 0 Å². The molecular formula is C20H28ClN3O3. The molecule has 1 aromatic heterocycles. The van der Waals surface area contributed by atoms with Crippen molar-refractivity contribution in [3.05, 3.63) is 46.8 Å². The monoisotopic (exact) mass is 393 g/mol. The van der Waals surface area contributed by atoms with E-state index in [2.05, 4.69) is 12.1 Å². The molecule has 2 aromatic rings. The van der Waals surface area contributed by atoms with Gasteiger partial charge in [0.25, 0.3) is 0 Å². The van der Waals surface area contributed by atoms with Crippen molar-refractivity contribution < 1.29 is 14.1 Å². The highest BCUT2D eigenvalue weighted by molar-refractivity contribution is 5.85. The van der Waals surface area contributed by atoms with E-state index >= 15 is 0 Å². The molecule has 0 bridgehead atoms. The van der Waals surface area contributed by atoms with E-state index in [9.17, 15) is 4.79 Å². The smallest absolute Gasteiger partial charge is 0.227 e. The Balaban J connectivity index is 0.00000261. The highest BCUT2D eigenvalue weighted by atomic mass is 35.5. The molecule has 0 radical (unpaired) electrons. The minimum atomic E-state index is 0. The maximum atomic E-state index is 12.6. The van der Waals surface area contributed by atoms with Crippen LogP contribution in [0.15, 0.2) is 28.8 Å². The van der Waals surface area contributed by atoms with Gasteiger partial charge in [0.15, 0.2) is 0 Å². The number of hydrogen-bond donors (Lipinski definition) is 1. The summed E-state index contributed by atoms with van der Waals surface area (Å²) >= 11 is 0. The Morgan fingerprint density at radius 1 is 1.33 bits per heavy atom. The highest BCUT2D eigenvalue weighted by Crippen LogP contribution is 2.23. The molecule has 6 nitrogen and oxygen atoms in total. The first-order valence-corrected chi connectivity index (χ1v) is 9.11. The number of rotatable bonds is 6. The Labute approximate surface area is 166 Å². The van der Waals surface area contributed by atoms with Crippen molar-refractivity contribution in [2.75, 3.05) is 13.1 Å². The van der Waals surface area contributed by atoms with Crippen LogP contribution in [0.4, 0.5) is 0 Å². The van der Waals surface area contributed by atoms with Crippen LogP contribution < -0.4 is 10.5 Å². The average molecular weight is 394 g/mol. The van der Waals surface area contributed by atoms with E-state index in [0.29, 0.717) is 25.5 Å². The lowest BCUT2D eigenvalue weighted by molar-refractivity contribution is -0.131. The van der Waals surface area contributed by atoms with Crippen molar-refractivity contribution >= 4 is 18.3 Å². The maximum Gasteiger partial charge on any atom is 0.227 e. The second-order valence-corrected chi connectivity index (χ2v) is 7.14. The minimum Gasteiger partial charge on any atom is -0.489 e. The normalized spacial score (nSPS) is 19.0. The van der Waals surface area contributed by atoms with Gasteiger partial charge in [-0.15, -0.1) is 12.4 Å². The summed E-state index contributed by atoms with van der Waals surface area (Å²) in [6.07, 6.45) is 1.41. The van der Waals surface area contributed by atoms with Gasteiger partial charge < -0.3 is 19.9 Å². The summed E-state index contributed by atoms with van der Waals surface area (Å²) in [6, 6.07) is 7.96. The molecule has 1 amide bonds. The molecule has 2 atom stereocenters. The molecule has 1 aromatic carbocycles. The molecule has 1 aliphatic heterocycles. The lowest BCUT2D eigenvalue weighted by Gasteiger charge is -2.21. The first-order valence-electron chi connectivity index (χ1n) is 9.11. The van der Waals surface area contributed by atoms with Gasteiger partial charge in [0.1, 0.15) is 18.1 Å². The fourth-order valence-electron chi connectivity index (χ4n) is 3.50. The van der Waals surface area contributed by atoms with Gasteiger partial charge in [-0.05, 0) is 57.4 Å². The predicted molar refractivity (Wildman–Crippen MR) is 106 cm³/mol. The Bertz CT molecular complexity index is 741. The Morgan fingerprint density at radius 2 is 2.04 bits per heavy atom. The minimum absolute atomic E-state index is 0. The summed E-state index contributed by atoms with van der Waals surface area (Å²) in [5.41, 5.74) is 8.56. The quantitative estimate of drug-likeness (QED) is 0.815. The molecule has 0 spiro atoms. The van der Waals surface area contributed by atoms with Crippen LogP contribution in [0.5, 0.6) is 5.75 Å². The number of aromatic nitrogens is 1. The zero-order valence-corrected chi connectivity index (χ0v) is 16.9. The topological polar surface area (TPSA) is 81.6 Å². The number of likely N-dealkylation sites (tertiary alicyclic amines) is 1. The van der Waals surface area contributed by atoms with Crippen LogP contribution >= 0.6 is 12.4 Å². The molecule has 2 heterocycles. The molecule has 2 unspecified atom stereocenters. The summed E-state index contributed by atoms with van der Waals surface area (Å²) in [7, 11) is 0. The molecule has 148 valence electrons. The number of carbonyl (C=O) groups is 1. The number of ether oxygens (including phenoxy) is 1. The third-order valence-corrected chi connectivity index (χ3v) is 5.16. The Hall–Kier alpha value is -2.05. The fourth-order valence-corrected chi connectivity index (χ4v) is 3.50. The van der Waals surface area contributed by atoms with Crippen molar-refractivity contribution in [2.24, 2.45) is 11.7 Å². The van der Waals surface area contributed by atoms with E-state index < -0.39 is 0 Å². The average Bonchev–Trinajstić information content (AvgIpc) is 3.17. The second-order valence-electron chi connectivity index (χ2n) is 7.14. The summed E-state index contributed by atoms with van der Waals surface area (Å²) < 4.78 is 10.9. The van der Waals surface area contributed by atoms with Gasteiger partial charge in [-0.2, -0.15) is 0 Å². The van der Waals surface area contributed by atoms with Crippen LogP contribution in [-0.4, -0.2) is 35.1 Å². The van der Waals surface area contributed by atoms with Crippen LogP contribution in [0.25, 0.3) is 0 Å². The first kappa shape index (κ1) is 21.3. The van der Waals surface area contributed by atoms with E-state index in [1.807, 2.05) is 43.0 Å². The van der Waals surface area contributed by atoms with Crippen molar-refractivity contribution in [3.63, 3.8) is 0 Å². The van der Waals surface area contributed by atoms with Crippen molar-refractivity contribution in [3.8, 4) is 5.75 Å². The third kappa shape index (κ3) is 5.02. The predicted octanol–water partition coefficient (Wildman–Crippen LogP) is 3.03. The lowest BCUT2D eigenvalue weighted by atomic mass is 10.1. The molecule has 3 rings (SSSR count). The van der Waals surface area contributed by atoms with E-state index in [4.69, 9.17) is 15.0 Å². The van der Waals surface area contributed by atoms with Crippen molar-refractivity contribution in [2.45, 2.75) is 46.3 Å². The zero-order chi connectivity index (χ0) is 18.7. The standard InChI is InChI=1S/C20H27N3O3.ClH/c1-13-8-17(10-21)11-23(13)20(24)9-16-4-6-18(7-5-16)25-12-19-14(2)22-26-15(19)3;/h4-7,13,17H,8-12,21H2,1-3H3;1H. The fraction of sp³-hybridized carbons (Fsp3) is 0.500. The molecular weight excluding hydrogens is 366 g/mol. The first-order chi connectivity index (χ1) is 12.5. The molecule has 1 aliphatic rings. The van der Waals surface area contributed by atoms with Gasteiger partial charge in [0.2, 0.25) is 5.91 Å². The molecule has 0 aliphatic carbocycles. The van der Waals surface area contributed by atoms with E-state index in [0.717, 1.165) is 41.3 Å². The Kier molecular flexibility index (Phi) is 7.27. The second kappa shape index (κ2) is 9.24. The zero-order valence-electron chi connectivity index (χ0n) is 16.1. The summed E-state index contributed by atoms with van der Waals surface area (Å²) in [6.45, 7) is 7.71. The van der Waals surface area contributed by atoms with Crippen molar-refractivity contribution in [1.82, 2.24) is 10.1 Å². The Morgan fingerprint density at radius 3 is 2.59 bits per heavy atom. The van der Waals surface area contributed by atoms with E-state index in [1.54, 1.807) is 0 Å². The van der Waals surface area contributed by atoms with Gasteiger partial charge >= 0.3 is 0 Å². The maximum absolute atomic E-state index is 12.6. The summed E-state index contributed by atoms with van der Waals surface area (Å²) in [5.74, 6) is 2.13. The SMILES string of the molecule is Cc1noc(C)c1COc1ccc(CC(=O)N2CC(CN)CC2C)cc1.Cl.